The molecule has 3 aromatic rings. The Kier molecular flexibility index (Phi) is 9.00. The SMILES string of the molecule is Cc1noc(C)c1S(=O)(=O)N(C)C[C@@H]1Oc2ccc(NC(=O)Nc3ccccc3)cc2C(=O)N([C@@H](C)CO)C[C@@H]1C. The fraction of sp³-hybridized carbons (Fsp3) is 0.393. The average molecular weight is 586 g/mol. The number of para-hydroxylation sites is 1. The van der Waals surface area contributed by atoms with Gasteiger partial charge in [-0.2, -0.15) is 4.31 Å². The molecule has 1 aliphatic heterocycles. The van der Waals surface area contributed by atoms with E-state index in [0.29, 0.717) is 11.4 Å². The number of ether oxygens (including phenoxy) is 1. The van der Waals surface area contributed by atoms with Gasteiger partial charge in [0.2, 0.25) is 10.0 Å². The van der Waals surface area contributed by atoms with Crippen molar-refractivity contribution in [2.75, 3.05) is 37.4 Å². The van der Waals surface area contributed by atoms with Gasteiger partial charge >= 0.3 is 6.03 Å². The number of nitrogens with zero attached hydrogens (tertiary/aromatic N) is 3. The van der Waals surface area contributed by atoms with Crippen LogP contribution in [0.3, 0.4) is 0 Å². The number of urea groups is 1. The van der Waals surface area contributed by atoms with Crippen molar-refractivity contribution in [1.82, 2.24) is 14.4 Å². The smallest absolute Gasteiger partial charge is 0.323 e. The summed E-state index contributed by atoms with van der Waals surface area (Å²) in [6.45, 7) is 6.60. The third-order valence-electron chi connectivity index (χ3n) is 7.03. The van der Waals surface area contributed by atoms with E-state index < -0.39 is 28.2 Å². The third-order valence-corrected chi connectivity index (χ3v) is 9.10. The van der Waals surface area contributed by atoms with Crippen molar-refractivity contribution in [3.8, 4) is 5.75 Å². The number of aliphatic hydroxyl groups excluding tert-OH is 1. The van der Waals surface area contributed by atoms with Crippen LogP contribution >= 0.6 is 0 Å². The molecule has 0 saturated carbocycles. The minimum atomic E-state index is -3.95. The topological polar surface area (TPSA) is 154 Å². The fourth-order valence-corrected chi connectivity index (χ4v) is 6.15. The van der Waals surface area contributed by atoms with Crippen molar-refractivity contribution >= 4 is 33.3 Å². The maximum absolute atomic E-state index is 13.7. The molecule has 0 bridgehead atoms. The number of aryl methyl sites for hydroxylation is 2. The van der Waals surface area contributed by atoms with Crippen molar-refractivity contribution in [2.45, 2.75) is 44.7 Å². The predicted octanol–water partition coefficient (Wildman–Crippen LogP) is 3.48. The standard InChI is InChI=1S/C28H35N5O7S/c1-17-14-33(18(2)16-34)27(35)23-13-22(30-28(36)29-21-9-7-6-8-10-21)11-12-24(23)39-25(17)15-32(5)41(37,38)26-19(3)31-40-20(26)4/h6-13,17-18,25,34H,14-16H2,1-5H3,(H2,29,30,36)/t17-,18-,25-/m0/s1. The Morgan fingerprint density at radius 2 is 1.85 bits per heavy atom. The second kappa shape index (κ2) is 12.3. The molecule has 220 valence electrons. The number of likely N-dealkylation sites (N-methyl/N-ethyl adjacent to an activating group) is 1. The number of aromatic nitrogens is 1. The van der Waals surface area contributed by atoms with Crippen LogP contribution in [-0.2, 0) is 10.0 Å². The molecule has 3 N–H and O–H groups in total. The number of aliphatic hydroxyl groups is 1. The quantitative estimate of drug-likeness (QED) is 0.363. The van der Waals surface area contributed by atoms with Gasteiger partial charge in [-0.05, 0) is 51.1 Å². The lowest BCUT2D eigenvalue weighted by molar-refractivity contribution is 0.0387. The molecule has 0 saturated heterocycles. The molecule has 1 aliphatic rings. The minimum Gasteiger partial charge on any atom is -0.488 e. The molecule has 0 fully saturated rings. The zero-order valence-corrected chi connectivity index (χ0v) is 24.4. The summed E-state index contributed by atoms with van der Waals surface area (Å²) in [5.41, 5.74) is 1.40. The van der Waals surface area contributed by atoms with E-state index in [2.05, 4.69) is 15.8 Å². The van der Waals surface area contributed by atoms with Crippen molar-refractivity contribution in [1.29, 1.82) is 0 Å². The molecule has 2 heterocycles. The molecule has 0 aliphatic carbocycles. The van der Waals surface area contributed by atoms with Crippen LogP contribution < -0.4 is 15.4 Å². The van der Waals surface area contributed by atoms with Gasteiger partial charge in [-0.3, -0.25) is 4.79 Å². The molecule has 0 radical (unpaired) electrons. The zero-order chi connectivity index (χ0) is 29.9. The molecule has 13 heteroatoms. The maximum atomic E-state index is 13.7. The number of rotatable bonds is 8. The van der Waals surface area contributed by atoms with Gasteiger partial charge in [0, 0.05) is 30.9 Å². The summed E-state index contributed by atoms with van der Waals surface area (Å²) < 4.78 is 39.3. The Morgan fingerprint density at radius 3 is 2.49 bits per heavy atom. The van der Waals surface area contributed by atoms with Gasteiger partial charge < -0.3 is 29.9 Å². The number of carbonyl (C=O) groups is 2. The van der Waals surface area contributed by atoms with Crippen LogP contribution in [0.2, 0.25) is 0 Å². The van der Waals surface area contributed by atoms with Crippen LogP contribution in [0.25, 0.3) is 0 Å². The van der Waals surface area contributed by atoms with Crippen molar-refractivity contribution in [3.05, 3.63) is 65.5 Å². The zero-order valence-electron chi connectivity index (χ0n) is 23.6. The highest BCUT2D eigenvalue weighted by Crippen LogP contribution is 2.32. The second-order valence-corrected chi connectivity index (χ2v) is 12.2. The van der Waals surface area contributed by atoms with E-state index in [9.17, 15) is 23.1 Å². The van der Waals surface area contributed by atoms with Gasteiger partial charge in [-0.15, -0.1) is 0 Å². The summed E-state index contributed by atoms with van der Waals surface area (Å²) in [5, 5.41) is 19.1. The van der Waals surface area contributed by atoms with E-state index in [0.717, 1.165) is 0 Å². The first-order valence-corrected chi connectivity index (χ1v) is 14.6. The Hall–Kier alpha value is -3.94. The van der Waals surface area contributed by atoms with Crippen LogP contribution in [0, 0.1) is 19.8 Å². The highest BCUT2D eigenvalue weighted by atomic mass is 32.2. The number of benzene rings is 2. The molecule has 3 atom stereocenters. The normalized spacial score (nSPS) is 18.2. The molecular formula is C28H35N5O7S. The average Bonchev–Trinajstić information content (AvgIpc) is 3.29. The van der Waals surface area contributed by atoms with Gasteiger partial charge in [0.15, 0.2) is 5.76 Å². The lowest BCUT2D eigenvalue weighted by Crippen LogP contribution is -2.50. The van der Waals surface area contributed by atoms with E-state index in [4.69, 9.17) is 9.26 Å². The number of hydrogen-bond donors (Lipinski definition) is 3. The van der Waals surface area contributed by atoms with Gasteiger partial charge in [0.05, 0.1) is 24.8 Å². The van der Waals surface area contributed by atoms with Gasteiger partial charge in [0.1, 0.15) is 22.4 Å². The summed E-state index contributed by atoms with van der Waals surface area (Å²) in [6.07, 6.45) is -0.657. The maximum Gasteiger partial charge on any atom is 0.323 e. The summed E-state index contributed by atoms with van der Waals surface area (Å²) in [6, 6.07) is 12.6. The number of sulfonamides is 1. The van der Waals surface area contributed by atoms with Gasteiger partial charge in [0.25, 0.3) is 5.91 Å². The van der Waals surface area contributed by atoms with Crippen molar-refractivity contribution in [3.63, 3.8) is 0 Å². The lowest BCUT2D eigenvalue weighted by atomic mass is 9.99. The van der Waals surface area contributed by atoms with Crippen LogP contribution in [0.1, 0.15) is 35.7 Å². The van der Waals surface area contributed by atoms with Gasteiger partial charge in [-0.1, -0.05) is 30.3 Å². The number of amides is 3. The largest absolute Gasteiger partial charge is 0.488 e. The highest BCUT2D eigenvalue weighted by Gasteiger charge is 2.36. The van der Waals surface area contributed by atoms with Gasteiger partial charge in [-0.25, -0.2) is 13.2 Å². The fourth-order valence-electron chi connectivity index (χ4n) is 4.68. The molecule has 2 aromatic carbocycles. The first-order chi connectivity index (χ1) is 19.4. The second-order valence-electron chi connectivity index (χ2n) is 10.2. The Balaban J connectivity index is 1.63. The van der Waals surface area contributed by atoms with Crippen LogP contribution in [0.5, 0.6) is 5.75 Å². The summed E-state index contributed by atoms with van der Waals surface area (Å²) in [4.78, 5) is 27.8. The Bertz CT molecular complexity index is 1490. The predicted molar refractivity (Wildman–Crippen MR) is 152 cm³/mol. The summed E-state index contributed by atoms with van der Waals surface area (Å²) >= 11 is 0. The van der Waals surface area contributed by atoms with Crippen LogP contribution in [0.15, 0.2) is 57.9 Å². The molecule has 4 rings (SSSR count). The number of hydrogen-bond acceptors (Lipinski definition) is 8. The number of nitrogens with one attached hydrogen (secondary N) is 2. The number of fused-ring (bicyclic) bond motifs is 1. The minimum absolute atomic E-state index is 0.00843. The van der Waals surface area contributed by atoms with Crippen molar-refractivity contribution < 1.29 is 32.4 Å². The Labute approximate surface area is 239 Å². The molecule has 0 spiro atoms. The Morgan fingerprint density at radius 1 is 1.17 bits per heavy atom. The van der Waals surface area contributed by atoms with E-state index >= 15 is 0 Å². The first kappa shape index (κ1) is 30.0. The molecule has 3 amide bonds. The number of carbonyl (C=O) groups excluding carboxylic acids is 2. The third kappa shape index (κ3) is 6.53. The number of anilines is 2. The van der Waals surface area contributed by atoms with Crippen LogP contribution in [0.4, 0.5) is 16.2 Å². The molecule has 1 aromatic heterocycles. The molecule has 41 heavy (non-hydrogen) atoms. The van der Waals surface area contributed by atoms with Crippen molar-refractivity contribution in [2.24, 2.45) is 5.92 Å². The van der Waals surface area contributed by atoms with E-state index in [1.165, 1.54) is 29.2 Å². The molecule has 12 nitrogen and oxygen atoms in total. The monoisotopic (exact) mass is 585 g/mol. The summed E-state index contributed by atoms with van der Waals surface area (Å²) in [7, 11) is -2.49. The van der Waals surface area contributed by atoms with E-state index in [1.54, 1.807) is 50.2 Å². The summed E-state index contributed by atoms with van der Waals surface area (Å²) in [5.74, 6) is -0.261. The van der Waals surface area contributed by atoms with Crippen LogP contribution in [-0.4, -0.2) is 78.7 Å². The molecular weight excluding hydrogens is 550 g/mol. The first-order valence-electron chi connectivity index (χ1n) is 13.2. The van der Waals surface area contributed by atoms with E-state index in [1.807, 2.05) is 13.0 Å². The van der Waals surface area contributed by atoms with E-state index in [-0.39, 0.29) is 59.2 Å². The molecule has 0 unspecified atom stereocenters. The lowest BCUT2D eigenvalue weighted by Gasteiger charge is -2.38. The highest BCUT2D eigenvalue weighted by molar-refractivity contribution is 7.89.